The topological polar surface area (TPSA) is 24.1 Å². The maximum atomic E-state index is 13.2. The maximum absolute atomic E-state index is 13.2. The van der Waals surface area contributed by atoms with E-state index in [4.69, 9.17) is 0 Å². The number of rotatable bonds is 5. The quantitative estimate of drug-likeness (QED) is 0.618. The van der Waals surface area contributed by atoms with Crippen LogP contribution in [-0.4, -0.2) is 20.1 Å². The minimum atomic E-state index is -4.44. The molecule has 0 radical (unpaired) electrons. The van der Waals surface area contributed by atoms with Crippen LogP contribution in [0.5, 0.6) is 0 Å². The minimum absolute atomic E-state index is 0.0240. The molecule has 0 saturated heterocycles. The van der Waals surface area contributed by atoms with Crippen LogP contribution in [0.4, 0.5) is 17.6 Å². The van der Waals surface area contributed by atoms with Gasteiger partial charge in [0, 0.05) is 25.2 Å². The van der Waals surface area contributed by atoms with E-state index in [1.165, 1.54) is 0 Å². The average molecular weight is 250 g/mol. The van der Waals surface area contributed by atoms with Crippen molar-refractivity contribution in [1.82, 2.24) is 10.6 Å². The summed E-state index contributed by atoms with van der Waals surface area (Å²) in [7, 11) is 1.76. The number of nitrogens with one attached hydrogen (secondary N) is 2. The lowest BCUT2D eigenvalue weighted by Crippen LogP contribution is -2.25. The standard InChI is InChI=1S/C11H14F4N2/c1-16-4-5-17-7-8-6-9(11(13,14)15)2-3-10(8)12/h2-3,6,16-17H,4-5,7H2,1H3. The summed E-state index contributed by atoms with van der Waals surface area (Å²) >= 11 is 0. The highest BCUT2D eigenvalue weighted by Crippen LogP contribution is 2.30. The molecule has 6 heteroatoms. The van der Waals surface area contributed by atoms with Crippen molar-refractivity contribution in [2.75, 3.05) is 20.1 Å². The predicted molar refractivity (Wildman–Crippen MR) is 57.0 cm³/mol. The summed E-state index contributed by atoms with van der Waals surface area (Å²) in [6.07, 6.45) is -4.44. The number of benzene rings is 1. The van der Waals surface area contributed by atoms with Crippen LogP contribution in [0.2, 0.25) is 0 Å². The first kappa shape index (κ1) is 13.9. The lowest BCUT2D eigenvalue weighted by atomic mass is 10.1. The van der Waals surface area contributed by atoms with Crippen molar-refractivity contribution in [2.24, 2.45) is 0 Å². The molecule has 0 saturated carbocycles. The van der Waals surface area contributed by atoms with Crippen molar-refractivity contribution >= 4 is 0 Å². The van der Waals surface area contributed by atoms with Gasteiger partial charge in [-0.05, 0) is 25.2 Å². The van der Waals surface area contributed by atoms with Crippen LogP contribution in [-0.2, 0) is 12.7 Å². The van der Waals surface area contributed by atoms with Crippen LogP contribution in [0.15, 0.2) is 18.2 Å². The van der Waals surface area contributed by atoms with E-state index in [0.29, 0.717) is 13.1 Å². The summed E-state index contributed by atoms with van der Waals surface area (Å²) in [4.78, 5) is 0. The summed E-state index contributed by atoms with van der Waals surface area (Å²) in [5.74, 6) is -0.630. The number of hydrogen-bond acceptors (Lipinski definition) is 2. The zero-order chi connectivity index (χ0) is 12.9. The third-order valence-corrected chi connectivity index (χ3v) is 2.24. The fourth-order valence-corrected chi connectivity index (χ4v) is 1.32. The van der Waals surface area contributed by atoms with E-state index in [2.05, 4.69) is 10.6 Å². The summed E-state index contributed by atoms with van der Waals surface area (Å²) < 4.78 is 50.4. The smallest absolute Gasteiger partial charge is 0.318 e. The molecule has 1 aromatic rings. The van der Waals surface area contributed by atoms with Gasteiger partial charge in [-0.15, -0.1) is 0 Å². The molecule has 0 aliphatic heterocycles. The Labute approximate surface area is 97.0 Å². The van der Waals surface area contributed by atoms with Gasteiger partial charge in [0.05, 0.1) is 5.56 Å². The second kappa shape index (κ2) is 5.97. The Morgan fingerprint density at radius 1 is 1.18 bits per heavy atom. The lowest BCUT2D eigenvalue weighted by molar-refractivity contribution is -0.137. The molecule has 0 heterocycles. The first-order chi connectivity index (χ1) is 7.95. The van der Waals surface area contributed by atoms with Crippen LogP contribution < -0.4 is 10.6 Å². The molecule has 0 aliphatic carbocycles. The molecule has 0 aliphatic rings. The molecule has 1 rings (SSSR count). The molecule has 0 atom stereocenters. The van der Waals surface area contributed by atoms with Gasteiger partial charge in [-0.3, -0.25) is 0 Å². The monoisotopic (exact) mass is 250 g/mol. The van der Waals surface area contributed by atoms with Crippen molar-refractivity contribution in [3.8, 4) is 0 Å². The first-order valence-corrected chi connectivity index (χ1v) is 5.16. The van der Waals surface area contributed by atoms with E-state index in [-0.39, 0.29) is 12.1 Å². The van der Waals surface area contributed by atoms with E-state index >= 15 is 0 Å². The molecule has 96 valence electrons. The summed E-state index contributed by atoms with van der Waals surface area (Å²) in [6.45, 7) is 1.31. The second-order valence-electron chi connectivity index (χ2n) is 3.58. The molecule has 1 aromatic carbocycles. The Morgan fingerprint density at radius 3 is 2.47 bits per heavy atom. The van der Waals surface area contributed by atoms with Gasteiger partial charge < -0.3 is 10.6 Å². The number of halogens is 4. The molecule has 2 N–H and O–H groups in total. The summed E-state index contributed by atoms with van der Waals surface area (Å²) in [6, 6.07) is 2.42. The highest BCUT2D eigenvalue weighted by Gasteiger charge is 2.30. The van der Waals surface area contributed by atoms with Crippen molar-refractivity contribution in [2.45, 2.75) is 12.7 Å². The van der Waals surface area contributed by atoms with Gasteiger partial charge in [-0.25, -0.2) is 4.39 Å². The van der Waals surface area contributed by atoms with Crippen LogP contribution in [0.3, 0.4) is 0 Å². The molecule has 2 nitrogen and oxygen atoms in total. The van der Waals surface area contributed by atoms with Crippen molar-refractivity contribution < 1.29 is 17.6 Å². The zero-order valence-corrected chi connectivity index (χ0v) is 9.37. The second-order valence-corrected chi connectivity index (χ2v) is 3.58. The van der Waals surface area contributed by atoms with Gasteiger partial charge in [0.15, 0.2) is 0 Å². The molecule has 0 spiro atoms. The Bertz CT molecular complexity index is 363. The molecular formula is C11H14F4N2. The van der Waals surface area contributed by atoms with E-state index in [1.54, 1.807) is 7.05 Å². The Hall–Kier alpha value is -1.14. The number of alkyl halides is 3. The van der Waals surface area contributed by atoms with Crippen LogP contribution >= 0.6 is 0 Å². The van der Waals surface area contributed by atoms with E-state index in [9.17, 15) is 17.6 Å². The third-order valence-electron chi connectivity index (χ3n) is 2.24. The van der Waals surface area contributed by atoms with Crippen molar-refractivity contribution in [1.29, 1.82) is 0 Å². The molecule has 0 fully saturated rings. The molecule has 0 bridgehead atoms. The molecule has 0 amide bonds. The molecule has 17 heavy (non-hydrogen) atoms. The van der Waals surface area contributed by atoms with Crippen LogP contribution in [0.25, 0.3) is 0 Å². The van der Waals surface area contributed by atoms with E-state index in [0.717, 1.165) is 18.2 Å². The van der Waals surface area contributed by atoms with Crippen molar-refractivity contribution in [3.63, 3.8) is 0 Å². The van der Waals surface area contributed by atoms with Crippen molar-refractivity contribution in [3.05, 3.63) is 35.1 Å². The molecule has 0 aromatic heterocycles. The predicted octanol–water partition coefficient (Wildman–Crippen LogP) is 2.15. The Balaban J connectivity index is 2.70. The van der Waals surface area contributed by atoms with Gasteiger partial charge in [0.1, 0.15) is 5.82 Å². The highest BCUT2D eigenvalue weighted by molar-refractivity contribution is 5.27. The average Bonchev–Trinajstić information content (AvgIpc) is 2.25. The lowest BCUT2D eigenvalue weighted by Gasteiger charge is -2.10. The summed E-state index contributed by atoms with van der Waals surface area (Å²) in [5, 5.41) is 5.72. The van der Waals surface area contributed by atoms with E-state index < -0.39 is 17.6 Å². The van der Waals surface area contributed by atoms with Crippen LogP contribution in [0.1, 0.15) is 11.1 Å². The van der Waals surface area contributed by atoms with Crippen LogP contribution in [0, 0.1) is 5.82 Å². The van der Waals surface area contributed by atoms with Gasteiger partial charge in [0.2, 0.25) is 0 Å². The summed E-state index contributed by atoms with van der Waals surface area (Å²) in [5.41, 5.74) is -0.805. The number of likely N-dealkylation sites (N-methyl/N-ethyl adjacent to an activating group) is 1. The fourth-order valence-electron chi connectivity index (χ4n) is 1.32. The number of hydrogen-bond donors (Lipinski definition) is 2. The van der Waals surface area contributed by atoms with Gasteiger partial charge in [0.25, 0.3) is 0 Å². The van der Waals surface area contributed by atoms with Gasteiger partial charge >= 0.3 is 6.18 Å². The Morgan fingerprint density at radius 2 is 1.88 bits per heavy atom. The first-order valence-electron chi connectivity index (χ1n) is 5.16. The Kier molecular flexibility index (Phi) is 4.89. The third kappa shape index (κ3) is 4.32. The fraction of sp³-hybridized carbons (Fsp3) is 0.455. The molecule has 0 unspecified atom stereocenters. The minimum Gasteiger partial charge on any atom is -0.318 e. The SMILES string of the molecule is CNCCNCc1cc(C(F)(F)F)ccc1F. The maximum Gasteiger partial charge on any atom is 0.416 e. The normalized spacial score (nSPS) is 11.8. The zero-order valence-electron chi connectivity index (χ0n) is 9.37. The largest absolute Gasteiger partial charge is 0.416 e. The van der Waals surface area contributed by atoms with Gasteiger partial charge in [-0.2, -0.15) is 13.2 Å². The highest BCUT2D eigenvalue weighted by atomic mass is 19.4. The van der Waals surface area contributed by atoms with Gasteiger partial charge in [-0.1, -0.05) is 0 Å². The molecular weight excluding hydrogens is 236 g/mol. The van der Waals surface area contributed by atoms with E-state index in [1.807, 2.05) is 0 Å².